The topological polar surface area (TPSA) is 81.7 Å². The smallest absolute Gasteiger partial charge is 0.416 e. The zero-order valence-corrected chi connectivity index (χ0v) is 18.0. The van der Waals surface area contributed by atoms with Crippen molar-refractivity contribution in [3.05, 3.63) is 34.3 Å². The number of rotatable bonds is 6. The molecule has 0 bridgehead atoms. The Morgan fingerprint density at radius 2 is 2.00 bits per heavy atom. The van der Waals surface area contributed by atoms with E-state index in [4.69, 9.17) is 11.6 Å². The zero-order chi connectivity index (χ0) is 22.8. The molecule has 3 rings (SSSR count). The first-order chi connectivity index (χ1) is 14.5. The second-order valence-electron chi connectivity index (χ2n) is 8.56. The molecule has 172 valence electrons. The van der Waals surface area contributed by atoms with Crippen molar-refractivity contribution >= 4 is 23.5 Å². The summed E-state index contributed by atoms with van der Waals surface area (Å²) in [5, 5.41) is 15.7. The van der Waals surface area contributed by atoms with Gasteiger partial charge in [0.2, 0.25) is 5.91 Å². The maximum absolute atomic E-state index is 13.5. The Morgan fingerprint density at radius 1 is 1.32 bits per heavy atom. The number of carboxylic acids is 1. The van der Waals surface area contributed by atoms with Gasteiger partial charge in [-0.1, -0.05) is 24.6 Å². The number of piperidine rings is 1. The Morgan fingerprint density at radius 3 is 2.61 bits per heavy atom. The molecule has 0 aromatic heterocycles. The number of hydrogen-bond donors (Lipinski definition) is 3. The fraction of sp³-hybridized carbons (Fsp3) is 0.619. The largest absolute Gasteiger partial charge is 0.481 e. The molecular weight excluding hydrogens is 435 g/mol. The highest BCUT2D eigenvalue weighted by Crippen LogP contribution is 2.42. The lowest BCUT2D eigenvalue weighted by Gasteiger charge is -2.33. The molecule has 10 heteroatoms. The van der Waals surface area contributed by atoms with E-state index < -0.39 is 23.1 Å². The van der Waals surface area contributed by atoms with Crippen molar-refractivity contribution in [2.24, 2.45) is 11.3 Å². The minimum Gasteiger partial charge on any atom is -0.481 e. The number of carboxylic acid groups (broad SMARTS) is 1. The van der Waals surface area contributed by atoms with Crippen LogP contribution >= 0.6 is 11.6 Å². The van der Waals surface area contributed by atoms with Crippen molar-refractivity contribution in [1.29, 1.82) is 0 Å². The van der Waals surface area contributed by atoms with Gasteiger partial charge in [0.25, 0.3) is 0 Å². The van der Waals surface area contributed by atoms with Gasteiger partial charge in [-0.25, -0.2) is 0 Å². The molecular formula is C21H27ClF3N3O3. The second kappa shape index (κ2) is 9.34. The highest BCUT2D eigenvalue weighted by atomic mass is 35.5. The summed E-state index contributed by atoms with van der Waals surface area (Å²) in [5.74, 6) is -1.79. The van der Waals surface area contributed by atoms with Gasteiger partial charge in [0.15, 0.2) is 0 Å². The summed E-state index contributed by atoms with van der Waals surface area (Å²) in [7, 11) is 0. The van der Waals surface area contributed by atoms with Crippen LogP contribution in [0.5, 0.6) is 0 Å². The number of likely N-dealkylation sites (tertiary alicyclic amines) is 1. The number of carbonyl (C=O) groups is 2. The number of aliphatic carboxylic acids is 1. The van der Waals surface area contributed by atoms with Crippen molar-refractivity contribution < 1.29 is 27.9 Å². The quantitative estimate of drug-likeness (QED) is 0.606. The lowest BCUT2D eigenvalue weighted by Crippen LogP contribution is -2.52. The molecule has 3 N–H and O–H groups in total. The summed E-state index contributed by atoms with van der Waals surface area (Å²) < 4.78 is 40.4. The average Bonchev–Trinajstić information content (AvgIpc) is 2.98. The first kappa shape index (κ1) is 23.8. The van der Waals surface area contributed by atoms with Gasteiger partial charge in [-0.05, 0) is 49.5 Å². The Balaban J connectivity index is 1.83. The lowest BCUT2D eigenvalue weighted by molar-refractivity contribution is -0.147. The number of nitrogens with zero attached hydrogens (tertiary/aromatic N) is 1. The fourth-order valence-electron chi connectivity index (χ4n) is 4.68. The van der Waals surface area contributed by atoms with Crippen molar-refractivity contribution in [2.45, 2.75) is 44.9 Å². The third kappa shape index (κ3) is 5.32. The predicted molar refractivity (Wildman–Crippen MR) is 110 cm³/mol. The molecule has 1 amide bonds. The van der Waals surface area contributed by atoms with Crippen molar-refractivity contribution in [3.63, 3.8) is 0 Å². The molecule has 0 radical (unpaired) electrons. The normalized spacial score (nSPS) is 25.5. The maximum Gasteiger partial charge on any atom is 0.416 e. The van der Waals surface area contributed by atoms with Gasteiger partial charge in [-0.2, -0.15) is 13.2 Å². The number of benzene rings is 1. The van der Waals surface area contributed by atoms with Gasteiger partial charge >= 0.3 is 12.1 Å². The highest BCUT2D eigenvalue weighted by Gasteiger charge is 2.52. The van der Waals surface area contributed by atoms with Crippen LogP contribution in [0.25, 0.3) is 0 Å². The third-order valence-electron chi connectivity index (χ3n) is 6.38. The SMILES string of the molecule is C[C@@H]1CN(Cc2c(Cl)cccc2C(F)(F)F)C[C@]1(CC(=O)O)C(=O)NC1CCNCC1. The summed E-state index contributed by atoms with van der Waals surface area (Å²) >= 11 is 6.09. The van der Waals surface area contributed by atoms with E-state index in [0.29, 0.717) is 6.54 Å². The molecule has 1 aromatic rings. The van der Waals surface area contributed by atoms with Gasteiger partial charge < -0.3 is 15.7 Å². The Labute approximate surface area is 184 Å². The lowest BCUT2D eigenvalue weighted by atomic mass is 9.75. The van der Waals surface area contributed by atoms with E-state index in [0.717, 1.165) is 32.0 Å². The van der Waals surface area contributed by atoms with Crippen LogP contribution in [0.1, 0.15) is 37.3 Å². The number of hydrogen-bond acceptors (Lipinski definition) is 4. The molecule has 0 saturated carbocycles. The van der Waals surface area contributed by atoms with E-state index >= 15 is 0 Å². The molecule has 2 fully saturated rings. The van der Waals surface area contributed by atoms with Gasteiger partial charge in [-0.3, -0.25) is 14.5 Å². The van der Waals surface area contributed by atoms with E-state index in [2.05, 4.69) is 10.6 Å². The van der Waals surface area contributed by atoms with E-state index in [1.54, 1.807) is 11.8 Å². The third-order valence-corrected chi connectivity index (χ3v) is 6.73. The Kier molecular flexibility index (Phi) is 7.18. The molecule has 0 spiro atoms. The van der Waals surface area contributed by atoms with E-state index in [9.17, 15) is 27.9 Å². The van der Waals surface area contributed by atoms with Crippen LogP contribution in [0.3, 0.4) is 0 Å². The average molecular weight is 462 g/mol. The molecule has 0 aliphatic carbocycles. The summed E-state index contributed by atoms with van der Waals surface area (Å²) in [4.78, 5) is 26.6. The van der Waals surface area contributed by atoms with Crippen LogP contribution < -0.4 is 10.6 Å². The van der Waals surface area contributed by atoms with Crippen LogP contribution in [0.15, 0.2) is 18.2 Å². The van der Waals surface area contributed by atoms with E-state index in [1.165, 1.54) is 12.1 Å². The number of alkyl halides is 3. The van der Waals surface area contributed by atoms with E-state index in [-0.39, 0.29) is 48.0 Å². The molecule has 2 atom stereocenters. The monoisotopic (exact) mass is 461 g/mol. The molecule has 2 heterocycles. The maximum atomic E-state index is 13.5. The van der Waals surface area contributed by atoms with Crippen molar-refractivity contribution in [2.75, 3.05) is 26.2 Å². The molecule has 0 unspecified atom stereocenters. The predicted octanol–water partition coefficient (Wildman–Crippen LogP) is 3.14. The number of halogens is 4. The molecule has 1 aromatic carbocycles. The van der Waals surface area contributed by atoms with Gasteiger partial charge in [0.1, 0.15) is 0 Å². The van der Waals surface area contributed by atoms with Crippen LogP contribution in [-0.4, -0.2) is 54.1 Å². The van der Waals surface area contributed by atoms with E-state index in [1.807, 2.05) is 0 Å². The standard InChI is InChI=1S/C21H27ClF3N3O3/c1-13-10-28(11-15-16(21(23,24)25)3-2-4-17(15)22)12-20(13,9-18(29)30)19(31)27-14-5-7-26-8-6-14/h2-4,13-14,26H,5-12H2,1H3,(H,27,31)(H,29,30)/t13-,20+/m1/s1. The summed E-state index contributed by atoms with van der Waals surface area (Å²) in [6, 6.07) is 3.60. The number of carbonyl (C=O) groups excluding carboxylic acids is 1. The number of amides is 1. The van der Waals surface area contributed by atoms with Crippen LogP contribution in [-0.2, 0) is 22.3 Å². The minimum absolute atomic E-state index is 0.00244. The Bertz CT molecular complexity index is 830. The van der Waals surface area contributed by atoms with Gasteiger partial charge in [-0.15, -0.1) is 0 Å². The van der Waals surface area contributed by atoms with Gasteiger partial charge in [0, 0.05) is 30.7 Å². The molecule has 2 aliphatic heterocycles. The summed E-state index contributed by atoms with van der Waals surface area (Å²) in [6.45, 7) is 3.56. The summed E-state index contributed by atoms with van der Waals surface area (Å²) in [6.07, 6.45) is -3.44. The fourth-order valence-corrected chi connectivity index (χ4v) is 4.92. The van der Waals surface area contributed by atoms with Crippen molar-refractivity contribution in [3.8, 4) is 0 Å². The van der Waals surface area contributed by atoms with Crippen molar-refractivity contribution in [1.82, 2.24) is 15.5 Å². The first-order valence-electron chi connectivity index (χ1n) is 10.3. The molecule has 31 heavy (non-hydrogen) atoms. The number of nitrogens with one attached hydrogen (secondary N) is 2. The minimum atomic E-state index is -4.56. The summed E-state index contributed by atoms with van der Waals surface area (Å²) in [5.41, 5.74) is -2.09. The zero-order valence-electron chi connectivity index (χ0n) is 17.3. The second-order valence-corrected chi connectivity index (χ2v) is 8.97. The van der Waals surface area contributed by atoms with Crippen LogP contribution in [0, 0.1) is 11.3 Å². The molecule has 2 saturated heterocycles. The first-order valence-corrected chi connectivity index (χ1v) is 10.7. The van der Waals surface area contributed by atoms with Crippen LogP contribution in [0.4, 0.5) is 13.2 Å². The molecule has 2 aliphatic rings. The van der Waals surface area contributed by atoms with Gasteiger partial charge in [0.05, 0.1) is 17.4 Å². The highest BCUT2D eigenvalue weighted by molar-refractivity contribution is 6.31. The van der Waals surface area contributed by atoms with Crippen LogP contribution in [0.2, 0.25) is 5.02 Å². The molecule has 6 nitrogen and oxygen atoms in total. The Hall–Kier alpha value is -1.84.